The summed E-state index contributed by atoms with van der Waals surface area (Å²) in [4.78, 5) is 8.99. The molecule has 124 valence electrons. The first-order valence-corrected chi connectivity index (χ1v) is 8.77. The fraction of sp³-hybridized carbons (Fsp3) is 0.500. The minimum Gasteiger partial charge on any atom is -0.393 e. The molecule has 0 aliphatic carbocycles. The average Bonchev–Trinajstić information content (AvgIpc) is 2.55. The van der Waals surface area contributed by atoms with Crippen molar-refractivity contribution in [3.05, 3.63) is 47.8 Å². The minimum atomic E-state index is -0.311. The molecular formula is C20H28N2O. The lowest BCUT2D eigenvalue weighted by atomic mass is 10.1. The quantitative estimate of drug-likeness (QED) is 0.689. The lowest BCUT2D eigenvalue weighted by molar-refractivity contribution is 0.195. The summed E-state index contributed by atoms with van der Waals surface area (Å²) in [5.74, 6) is 0.767. The molecule has 0 radical (unpaired) electrons. The first-order valence-electron chi connectivity index (χ1n) is 8.77. The van der Waals surface area contributed by atoms with Gasteiger partial charge in [0.25, 0.3) is 0 Å². The minimum absolute atomic E-state index is 0.311. The summed E-state index contributed by atoms with van der Waals surface area (Å²) >= 11 is 0. The Balaban J connectivity index is 1.88. The molecule has 1 aromatic carbocycles. The Kier molecular flexibility index (Phi) is 7.21. The van der Waals surface area contributed by atoms with Crippen LogP contribution < -0.4 is 0 Å². The highest BCUT2D eigenvalue weighted by molar-refractivity contribution is 5.55. The molecule has 3 heteroatoms. The number of aliphatic hydroxyl groups excluding tert-OH is 1. The number of rotatable bonds is 9. The molecule has 1 heterocycles. The van der Waals surface area contributed by atoms with Crippen molar-refractivity contribution in [1.29, 1.82) is 0 Å². The van der Waals surface area contributed by atoms with Gasteiger partial charge in [-0.2, -0.15) is 0 Å². The summed E-state index contributed by atoms with van der Waals surface area (Å²) in [6, 6.07) is 8.12. The van der Waals surface area contributed by atoms with E-state index in [9.17, 15) is 5.11 Å². The van der Waals surface area contributed by atoms with Crippen LogP contribution in [0.2, 0.25) is 0 Å². The first-order chi connectivity index (χ1) is 11.2. The van der Waals surface area contributed by atoms with Gasteiger partial charge >= 0.3 is 0 Å². The fourth-order valence-electron chi connectivity index (χ4n) is 2.70. The zero-order valence-corrected chi connectivity index (χ0v) is 14.3. The van der Waals surface area contributed by atoms with E-state index in [0.717, 1.165) is 23.4 Å². The van der Waals surface area contributed by atoms with E-state index in [1.807, 2.05) is 36.7 Å². The van der Waals surface area contributed by atoms with E-state index >= 15 is 0 Å². The third kappa shape index (κ3) is 6.11. The maximum absolute atomic E-state index is 9.42. The van der Waals surface area contributed by atoms with Crippen molar-refractivity contribution in [2.45, 2.75) is 64.9 Å². The fourth-order valence-corrected chi connectivity index (χ4v) is 2.70. The van der Waals surface area contributed by atoms with Gasteiger partial charge in [0.15, 0.2) is 5.82 Å². The van der Waals surface area contributed by atoms with Gasteiger partial charge in [0.05, 0.1) is 6.10 Å². The van der Waals surface area contributed by atoms with Crippen molar-refractivity contribution in [2.75, 3.05) is 0 Å². The van der Waals surface area contributed by atoms with E-state index in [2.05, 4.69) is 16.9 Å². The van der Waals surface area contributed by atoms with Crippen LogP contribution in [0.5, 0.6) is 0 Å². The Hall–Kier alpha value is -1.74. The summed E-state index contributed by atoms with van der Waals surface area (Å²) in [5.41, 5.74) is 3.37. The van der Waals surface area contributed by atoms with Crippen molar-refractivity contribution >= 4 is 0 Å². The molecule has 0 aliphatic rings. The number of benzene rings is 1. The molecule has 0 amide bonds. The number of hydrogen-bond donors (Lipinski definition) is 1. The Morgan fingerprint density at radius 2 is 1.57 bits per heavy atom. The highest BCUT2D eigenvalue weighted by atomic mass is 16.3. The van der Waals surface area contributed by atoms with Gasteiger partial charge in [-0.3, -0.25) is 0 Å². The van der Waals surface area contributed by atoms with Crippen LogP contribution in [-0.2, 0) is 12.8 Å². The third-order valence-corrected chi connectivity index (χ3v) is 4.02. The van der Waals surface area contributed by atoms with Crippen molar-refractivity contribution in [2.24, 2.45) is 0 Å². The van der Waals surface area contributed by atoms with Gasteiger partial charge in [-0.15, -0.1) is 0 Å². The monoisotopic (exact) mass is 312 g/mol. The van der Waals surface area contributed by atoms with Crippen LogP contribution in [-0.4, -0.2) is 21.2 Å². The van der Waals surface area contributed by atoms with Crippen LogP contribution in [0.25, 0.3) is 11.4 Å². The van der Waals surface area contributed by atoms with Crippen molar-refractivity contribution in [3.63, 3.8) is 0 Å². The van der Waals surface area contributed by atoms with Crippen LogP contribution >= 0.6 is 0 Å². The second-order valence-corrected chi connectivity index (χ2v) is 6.33. The first kappa shape index (κ1) is 17.6. The summed E-state index contributed by atoms with van der Waals surface area (Å²) in [6.45, 7) is 4.04. The standard InChI is InChI=1S/C20H28N2O/c1-3-4-5-6-7-8-18-14-21-20(22-15-18)19-11-9-17(10-12-19)13-16(2)23/h9-12,14-16,23H,3-8,13H2,1-2H3. The van der Waals surface area contributed by atoms with E-state index < -0.39 is 0 Å². The zero-order chi connectivity index (χ0) is 16.5. The zero-order valence-electron chi connectivity index (χ0n) is 14.3. The van der Waals surface area contributed by atoms with Gasteiger partial charge < -0.3 is 5.11 Å². The number of hydrogen-bond acceptors (Lipinski definition) is 3. The summed E-state index contributed by atoms with van der Waals surface area (Å²) in [7, 11) is 0. The van der Waals surface area contributed by atoms with Crippen LogP contribution in [0.1, 0.15) is 57.1 Å². The predicted octanol–water partition coefficient (Wildman–Crippen LogP) is 4.58. The molecule has 1 N–H and O–H groups in total. The van der Waals surface area contributed by atoms with Crippen LogP contribution in [0, 0.1) is 0 Å². The second kappa shape index (κ2) is 9.41. The highest BCUT2D eigenvalue weighted by Gasteiger charge is 2.04. The normalized spacial score (nSPS) is 12.3. The molecule has 0 aliphatic heterocycles. The molecule has 0 saturated carbocycles. The number of aromatic nitrogens is 2. The van der Waals surface area contributed by atoms with Gasteiger partial charge in [0.2, 0.25) is 0 Å². The molecule has 0 bridgehead atoms. The summed E-state index contributed by atoms with van der Waals surface area (Å²) < 4.78 is 0. The number of aryl methyl sites for hydroxylation is 1. The van der Waals surface area contributed by atoms with Gasteiger partial charge in [0, 0.05) is 18.0 Å². The molecule has 0 spiro atoms. The van der Waals surface area contributed by atoms with E-state index in [1.54, 1.807) is 6.92 Å². The summed E-state index contributed by atoms with van der Waals surface area (Å²) in [5, 5.41) is 9.42. The van der Waals surface area contributed by atoms with E-state index in [-0.39, 0.29) is 6.10 Å². The van der Waals surface area contributed by atoms with Crippen LogP contribution in [0.4, 0.5) is 0 Å². The maximum Gasteiger partial charge on any atom is 0.159 e. The molecule has 23 heavy (non-hydrogen) atoms. The maximum atomic E-state index is 9.42. The van der Waals surface area contributed by atoms with E-state index in [1.165, 1.54) is 37.7 Å². The second-order valence-electron chi connectivity index (χ2n) is 6.33. The van der Waals surface area contributed by atoms with Crippen LogP contribution in [0.3, 0.4) is 0 Å². The SMILES string of the molecule is CCCCCCCc1cnc(-c2ccc(CC(C)O)cc2)nc1. The largest absolute Gasteiger partial charge is 0.393 e. The van der Waals surface area contributed by atoms with Gasteiger partial charge in [-0.1, -0.05) is 56.9 Å². The lowest BCUT2D eigenvalue weighted by Gasteiger charge is -2.06. The molecule has 0 saturated heterocycles. The Bertz CT molecular complexity index is 561. The van der Waals surface area contributed by atoms with Crippen LogP contribution in [0.15, 0.2) is 36.7 Å². The molecule has 2 rings (SSSR count). The van der Waals surface area contributed by atoms with Gasteiger partial charge in [-0.25, -0.2) is 9.97 Å². The Morgan fingerprint density at radius 1 is 0.913 bits per heavy atom. The van der Waals surface area contributed by atoms with Crippen molar-refractivity contribution in [3.8, 4) is 11.4 Å². The lowest BCUT2D eigenvalue weighted by Crippen LogP contribution is -2.03. The third-order valence-electron chi connectivity index (χ3n) is 4.02. The van der Waals surface area contributed by atoms with Gasteiger partial charge in [-0.05, 0) is 37.3 Å². The summed E-state index contributed by atoms with van der Waals surface area (Å²) in [6.07, 6.45) is 11.8. The Morgan fingerprint density at radius 3 is 2.17 bits per heavy atom. The Labute approximate surface area is 139 Å². The average molecular weight is 312 g/mol. The molecule has 1 unspecified atom stereocenters. The molecule has 3 nitrogen and oxygen atoms in total. The molecule has 2 aromatic rings. The van der Waals surface area contributed by atoms with E-state index in [0.29, 0.717) is 6.42 Å². The molecule has 0 fully saturated rings. The molecule has 1 aromatic heterocycles. The predicted molar refractivity (Wildman–Crippen MR) is 95.3 cm³/mol. The van der Waals surface area contributed by atoms with Crippen molar-refractivity contribution < 1.29 is 5.11 Å². The topological polar surface area (TPSA) is 46.0 Å². The van der Waals surface area contributed by atoms with E-state index in [4.69, 9.17) is 0 Å². The molecule has 1 atom stereocenters. The van der Waals surface area contributed by atoms with Gasteiger partial charge in [0.1, 0.15) is 0 Å². The van der Waals surface area contributed by atoms with Crippen molar-refractivity contribution in [1.82, 2.24) is 9.97 Å². The number of aliphatic hydroxyl groups is 1. The molecular weight excluding hydrogens is 284 g/mol. The number of unbranched alkanes of at least 4 members (excludes halogenated alkanes) is 4. The highest BCUT2D eigenvalue weighted by Crippen LogP contribution is 2.17. The smallest absolute Gasteiger partial charge is 0.159 e. The number of nitrogens with zero attached hydrogens (tertiary/aromatic N) is 2.